The molecule has 0 fully saturated rings. The van der Waals surface area contributed by atoms with E-state index in [0.717, 1.165) is 24.0 Å². The summed E-state index contributed by atoms with van der Waals surface area (Å²) in [5.74, 6) is -0.127. The van der Waals surface area contributed by atoms with E-state index in [-0.39, 0.29) is 11.6 Å². The number of nitrogens with one attached hydrogen (secondary N) is 1. The van der Waals surface area contributed by atoms with Gasteiger partial charge in [-0.25, -0.2) is 0 Å². The first-order valence-electron chi connectivity index (χ1n) is 9.91. The third kappa shape index (κ3) is 6.99. The predicted molar refractivity (Wildman–Crippen MR) is 114 cm³/mol. The molecule has 2 aromatic rings. The highest BCUT2D eigenvalue weighted by Gasteiger charge is 2.12. The molecule has 0 atom stereocenters. The van der Waals surface area contributed by atoms with E-state index < -0.39 is 4.92 Å². The average molecular weight is 380 g/mol. The molecule has 5 nitrogen and oxygen atoms in total. The van der Waals surface area contributed by atoms with Crippen LogP contribution in [-0.4, -0.2) is 17.4 Å². The Hall–Kier alpha value is -2.95. The number of rotatable bonds is 11. The van der Waals surface area contributed by atoms with E-state index in [1.807, 2.05) is 30.3 Å². The molecule has 2 rings (SSSR count). The van der Waals surface area contributed by atoms with E-state index in [9.17, 15) is 14.9 Å². The minimum absolute atomic E-state index is 0.0333. The number of carbonyl (C=O) groups is 1. The third-order valence-corrected chi connectivity index (χ3v) is 4.56. The van der Waals surface area contributed by atoms with Crippen LogP contribution in [0.4, 0.5) is 5.69 Å². The number of carbonyl (C=O) groups excluding carboxylic acids is 1. The molecule has 28 heavy (non-hydrogen) atoms. The fraction of sp³-hybridized carbons (Fsp3) is 0.348. The molecule has 2 aromatic carbocycles. The normalized spacial score (nSPS) is 11.2. The zero-order valence-electron chi connectivity index (χ0n) is 16.4. The fourth-order valence-electron chi connectivity index (χ4n) is 2.96. The maximum atomic E-state index is 12.8. The Morgan fingerprint density at radius 2 is 1.61 bits per heavy atom. The largest absolute Gasteiger partial charge is 0.352 e. The minimum Gasteiger partial charge on any atom is -0.352 e. The number of benzene rings is 2. The maximum Gasteiger partial charge on any atom is 0.269 e. The van der Waals surface area contributed by atoms with Crippen molar-refractivity contribution in [1.82, 2.24) is 5.32 Å². The molecular formula is C23H28N2O3. The molecule has 1 amide bonds. The monoisotopic (exact) mass is 380 g/mol. The highest BCUT2D eigenvalue weighted by molar-refractivity contribution is 6.24. The molecule has 0 aromatic heterocycles. The van der Waals surface area contributed by atoms with Crippen LogP contribution in [-0.2, 0) is 4.79 Å². The lowest BCUT2D eigenvalue weighted by atomic mass is 10.0. The molecule has 0 bridgehead atoms. The van der Waals surface area contributed by atoms with Crippen molar-refractivity contribution in [1.29, 1.82) is 0 Å². The first-order chi connectivity index (χ1) is 13.6. The van der Waals surface area contributed by atoms with Crippen LogP contribution in [0.5, 0.6) is 0 Å². The van der Waals surface area contributed by atoms with Gasteiger partial charge in [0.25, 0.3) is 11.6 Å². The Morgan fingerprint density at radius 1 is 0.964 bits per heavy atom. The van der Waals surface area contributed by atoms with Crippen LogP contribution < -0.4 is 5.32 Å². The highest BCUT2D eigenvalue weighted by Crippen LogP contribution is 2.20. The Balaban J connectivity index is 2.05. The first-order valence-corrected chi connectivity index (χ1v) is 9.91. The number of nitrogens with zero attached hydrogens (tertiary/aromatic N) is 1. The van der Waals surface area contributed by atoms with Gasteiger partial charge in [0.15, 0.2) is 0 Å². The predicted octanol–water partition coefficient (Wildman–Crippen LogP) is 5.61. The van der Waals surface area contributed by atoms with Crippen LogP contribution in [0.1, 0.15) is 56.6 Å². The summed E-state index contributed by atoms with van der Waals surface area (Å²) < 4.78 is 0. The van der Waals surface area contributed by atoms with Crippen LogP contribution in [0.25, 0.3) is 11.6 Å². The Morgan fingerprint density at radius 3 is 2.25 bits per heavy atom. The molecule has 0 radical (unpaired) electrons. The molecule has 0 unspecified atom stereocenters. The number of hydrogen-bond donors (Lipinski definition) is 1. The van der Waals surface area contributed by atoms with E-state index >= 15 is 0 Å². The van der Waals surface area contributed by atoms with Crippen molar-refractivity contribution in [3.8, 4) is 0 Å². The zero-order chi connectivity index (χ0) is 20.2. The van der Waals surface area contributed by atoms with Crippen molar-refractivity contribution in [2.24, 2.45) is 0 Å². The summed E-state index contributed by atoms with van der Waals surface area (Å²) in [7, 11) is 0. The van der Waals surface area contributed by atoms with E-state index in [0.29, 0.717) is 12.1 Å². The lowest BCUT2D eigenvalue weighted by Gasteiger charge is -2.10. The summed E-state index contributed by atoms with van der Waals surface area (Å²) in [6.07, 6.45) is 8.80. The van der Waals surface area contributed by atoms with E-state index in [4.69, 9.17) is 0 Å². The molecule has 0 heterocycles. The molecule has 0 aliphatic rings. The second-order valence-corrected chi connectivity index (χ2v) is 6.80. The Kier molecular flexibility index (Phi) is 8.92. The first kappa shape index (κ1) is 21.4. The summed E-state index contributed by atoms with van der Waals surface area (Å²) in [6, 6.07) is 15.7. The molecular weight excluding hydrogens is 352 g/mol. The molecule has 0 saturated heterocycles. The second-order valence-electron chi connectivity index (χ2n) is 6.80. The molecule has 0 spiro atoms. The lowest BCUT2D eigenvalue weighted by molar-refractivity contribution is -0.384. The Labute approximate surface area is 166 Å². The van der Waals surface area contributed by atoms with Crippen LogP contribution in [0.15, 0.2) is 54.6 Å². The van der Waals surface area contributed by atoms with Gasteiger partial charge in [0.1, 0.15) is 0 Å². The molecule has 148 valence electrons. The van der Waals surface area contributed by atoms with E-state index in [1.165, 1.54) is 37.8 Å². The molecule has 5 heteroatoms. The zero-order valence-corrected chi connectivity index (χ0v) is 16.4. The van der Waals surface area contributed by atoms with Gasteiger partial charge in [-0.3, -0.25) is 14.9 Å². The van der Waals surface area contributed by atoms with E-state index in [2.05, 4.69) is 12.2 Å². The SMILES string of the molecule is CCCCCCCCNC(=O)/C(=C\c1ccc([N+](=O)[O-])cc1)c1ccccc1. The second kappa shape index (κ2) is 11.7. The van der Waals surface area contributed by atoms with Crippen molar-refractivity contribution >= 4 is 23.2 Å². The fourth-order valence-corrected chi connectivity index (χ4v) is 2.96. The summed E-state index contributed by atoms with van der Waals surface area (Å²) in [5.41, 5.74) is 2.16. The van der Waals surface area contributed by atoms with Crippen LogP contribution in [0.3, 0.4) is 0 Å². The van der Waals surface area contributed by atoms with Crippen molar-refractivity contribution in [2.75, 3.05) is 6.54 Å². The standard InChI is InChI=1S/C23H28N2O3/c1-2-3-4-5-6-10-17-24-23(26)22(20-11-8-7-9-12-20)18-19-13-15-21(16-14-19)25(27)28/h7-9,11-16,18H,2-6,10,17H2,1H3,(H,24,26)/b22-18-. The maximum absolute atomic E-state index is 12.8. The number of hydrogen-bond acceptors (Lipinski definition) is 3. The van der Waals surface area contributed by atoms with Gasteiger partial charge in [-0.1, -0.05) is 69.4 Å². The van der Waals surface area contributed by atoms with Crippen molar-refractivity contribution in [3.05, 3.63) is 75.8 Å². The summed E-state index contributed by atoms with van der Waals surface area (Å²) in [4.78, 5) is 23.2. The minimum atomic E-state index is -0.432. The molecule has 0 saturated carbocycles. The van der Waals surface area contributed by atoms with E-state index in [1.54, 1.807) is 18.2 Å². The van der Waals surface area contributed by atoms with Gasteiger partial charge in [0.05, 0.1) is 4.92 Å². The van der Waals surface area contributed by atoms with Crippen LogP contribution in [0.2, 0.25) is 0 Å². The summed E-state index contributed by atoms with van der Waals surface area (Å²) >= 11 is 0. The lowest BCUT2D eigenvalue weighted by Crippen LogP contribution is -2.25. The molecule has 1 N–H and O–H groups in total. The Bertz CT molecular complexity index is 783. The molecule has 0 aliphatic carbocycles. The van der Waals surface area contributed by atoms with Crippen molar-refractivity contribution < 1.29 is 9.72 Å². The topological polar surface area (TPSA) is 72.2 Å². The number of amides is 1. The summed E-state index contributed by atoms with van der Waals surface area (Å²) in [6.45, 7) is 2.85. The van der Waals surface area contributed by atoms with Gasteiger partial charge in [0.2, 0.25) is 0 Å². The van der Waals surface area contributed by atoms with Crippen LogP contribution in [0, 0.1) is 10.1 Å². The quantitative estimate of drug-likeness (QED) is 0.181. The summed E-state index contributed by atoms with van der Waals surface area (Å²) in [5, 5.41) is 13.8. The van der Waals surface area contributed by atoms with Gasteiger partial charge in [0, 0.05) is 24.3 Å². The van der Waals surface area contributed by atoms with Gasteiger partial charge in [-0.15, -0.1) is 0 Å². The number of non-ortho nitro benzene ring substituents is 1. The number of unbranched alkanes of at least 4 members (excludes halogenated alkanes) is 5. The van der Waals surface area contributed by atoms with Crippen LogP contribution >= 0.6 is 0 Å². The average Bonchev–Trinajstić information content (AvgIpc) is 2.72. The highest BCUT2D eigenvalue weighted by atomic mass is 16.6. The third-order valence-electron chi connectivity index (χ3n) is 4.56. The van der Waals surface area contributed by atoms with Crippen molar-refractivity contribution in [2.45, 2.75) is 45.4 Å². The van der Waals surface area contributed by atoms with Gasteiger partial charge in [-0.2, -0.15) is 0 Å². The van der Waals surface area contributed by atoms with Gasteiger partial charge in [-0.05, 0) is 35.8 Å². The smallest absolute Gasteiger partial charge is 0.269 e. The van der Waals surface area contributed by atoms with Gasteiger partial charge >= 0.3 is 0 Å². The van der Waals surface area contributed by atoms with Gasteiger partial charge < -0.3 is 5.32 Å². The number of nitro benzene ring substituents is 1. The molecule has 0 aliphatic heterocycles. The van der Waals surface area contributed by atoms with Crippen molar-refractivity contribution in [3.63, 3.8) is 0 Å². The number of nitro groups is 1.